The molecule has 3 N–H and O–H groups in total. The van der Waals surface area contributed by atoms with Gasteiger partial charge in [-0.25, -0.2) is 8.78 Å². The lowest BCUT2D eigenvalue weighted by Gasteiger charge is -2.15. The summed E-state index contributed by atoms with van der Waals surface area (Å²) in [5.74, 6) is 3.75. The minimum absolute atomic E-state index is 0.240. The van der Waals surface area contributed by atoms with E-state index in [1.54, 1.807) is 12.3 Å². The van der Waals surface area contributed by atoms with Crippen LogP contribution in [-0.2, 0) is 6.42 Å². The molecule has 94 valence electrons. The van der Waals surface area contributed by atoms with E-state index in [4.69, 9.17) is 5.84 Å². The van der Waals surface area contributed by atoms with Gasteiger partial charge in [0.1, 0.15) is 0 Å². The van der Waals surface area contributed by atoms with Crippen molar-refractivity contribution in [3.63, 3.8) is 0 Å². The number of rotatable bonds is 4. The maximum atomic E-state index is 13.1. The van der Waals surface area contributed by atoms with Crippen molar-refractivity contribution >= 4 is 0 Å². The number of nitrogens with zero attached hydrogens (tertiary/aromatic N) is 1. The molecule has 0 saturated carbocycles. The van der Waals surface area contributed by atoms with Crippen molar-refractivity contribution in [3.05, 3.63) is 65.5 Å². The van der Waals surface area contributed by atoms with Crippen molar-refractivity contribution < 1.29 is 8.78 Å². The van der Waals surface area contributed by atoms with Gasteiger partial charge in [-0.2, -0.15) is 0 Å². The Morgan fingerprint density at radius 3 is 2.61 bits per heavy atom. The molecule has 1 heterocycles. The molecule has 1 unspecified atom stereocenters. The Balaban J connectivity index is 2.18. The van der Waals surface area contributed by atoms with Crippen LogP contribution in [-0.4, -0.2) is 4.98 Å². The minimum Gasteiger partial charge on any atom is -0.271 e. The van der Waals surface area contributed by atoms with Crippen molar-refractivity contribution in [1.29, 1.82) is 0 Å². The van der Waals surface area contributed by atoms with Gasteiger partial charge in [0.2, 0.25) is 0 Å². The Kier molecular flexibility index (Phi) is 3.96. The minimum atomic E-state index is -0.857. The van der Waals surface area contributed by atoms with Crippen molar-refractivity contribution in [2.45, 2.75) is 12.5 Å². The van der Waals surface area contributed by atoms with Crippen molar-refractivity contribution in [3.8, 4) is 0 Å². The Bertz CT molecular complexity index is 517. The van der Waals surface area contributed by atoms with Gasteiger partial charge in [-0.15, -0.1) is 0 Å². The fourth-order valence-electron chi connectivity index (χ4n) is 1.73. The van der Waals surface area contributed by atoms with E-state index in [9.17, 15) is 8.78 Å². The number of nitrogens with two attached hydrogens (primary N) is 1. The standard InChI is InChI=1S/C13H13F2N3/c14-10-5-4-9(7-11(10)15)8-13(18-16)12-3-1-2-6-17-12/h1-7,13,18H,8,16H2. The van der Waals surface area contributed by atoms with E-state index in [0.29, 0.717) is 12.0 Å². The third-order valence-corrected chi connectivity index (χ3v) is 2.67. The molecular formula is C13H13F2N3. The summed E-state index contributed by atoms with van der Waals surface area (Å²) in [6.07, 6.45) is 2.09. The monoisotopic (exact) mass is 249 g/mol. The first-order chi connectivity index (χ1) is 8.70. The van der Waals surface area contributed by atoms with Gasteiger partial charge < -0.3 is 0 Å². The summed E-state index contributed by atoms with van der Waals surface area (Å²) < 4.78 is 25.9. The highest BCUT2D eigenvalue weighted by molar-refractivity contribution is 5.21. The van der Waals surface area contributed by atoms with E-state index in [-0.39, 0.29) is 6.04 Å². The summed E-state index contributed by atoms with van der Waals surface area (Å²) in [5.41, 5.74) is 4.03. The highest BCUT2D eigenvalue weighted by atomic mass is 19.2. The van der Waals surface area contributed by atoms with E-state index in [0.717, 1.165) is 11.8 Å². The van der Waals surface area contributed by atoms with Gasteiger partial charge in [0.25, 0.3) is 0 Å². The molecule has 0 fully saturated rings. The predicted octanol–water partition coefficient (Wildman–Crippen LogP) is 2.11. The second-order valence-corrected chi connectivity index (χ2v) is 3.93. The molecule has 0 bridgehead atoms. The van der Waals surface area contributed by atoms with Gasteiger partial charge in [0.15, 0.2) is 11.6 Å². The van der Waals surface area contributed by atoms with E-state index in [1.807, 2.05) is 12.1 Å². The fourth-order valence-corrected chi connectivity index (χ4v) is 1.73. The Morgan fingerprint density at radius 2 is 2.00 bits per heavy atom. The van der Waals surface area contributed by atoms with Gasteiger partial charge in [-0.3, -0.25) is 16.3 Å². The van der Waals surface area contributed by atoms with Gasteiger partial charge in [0, 0.05) is 6.20 Å². The van der Waals surface area contributed by atoms with Crippen LogP contribution in [0.2, 0.25) is 0 Å². The molecule has 1 aromatic heterocycles. The smallest absolute Gasteiger partial charge is 0.159 e. The van der Waals surface area contributed by atoms with E-state index >= 15 is 0 Å². The number of aromatic nitrogens is 1. The van der Waals surface area contributed by atoms with Crippen LogP contribution in [0.25, 0.3) is 0 Å². The molecule has 0 aliphatic carbocycles. The zero-order valence-electron chi connectivity index (χ0n) is 9.61. The lowest BCUT2D eigenvalue weighted by molar-refractivity contribution is 0.501. The normalized spacial score (nSPS) is 12.4. The second kappa shape index (κ2) is 5.66. The molecule has 3 nitrogen and oxygen atoms in total. The predicted molar refractivity (Wildman–Crippen MR) is 64.4 cm³/mol. The number of nitrogens with one attached hydrogen (secondary N) is 1. The van der Waals surface area contributed by atoms with Crippen molar-refractivity contribution in [2.75, 3.05) is 0 Å². The molecule has 0 aliphatic heterocycles. The molecule has 0 radical (unpaired) electrons. The van der Waals surface area contributed by atoms with Crippen molar-refractivity contribution in [2.24, 2.45) is 5.84 Å². The average molecular weight is 249 g/mol. The van der Waals surface area contributed by atoms with Crippen LogP contribution in [0.3, 0.4) is 0 Å². The van der Waals surface area contributed by atoms with Crippen LogP contribution in [0, 0.1) is 11.6 Å². The van der Waals surface area contributed by atoms with Crippen molar-refractivity contribution in [1.82, 2.24) is 10.4 Å². The highest BCUT2D eigenvalue weighted by Crippen LogP contribution is 2.17. The zero-order valence-corrected chi connectivity index (χ0v) is 9.61. The quantitative estimate of drug-likeness (QED) is 0.644. The first-order valence-electron chi connectivity index (χ1n) is 5.51. The summed E-state index contributed by atoms with van der Waals surface area (Å²) in [5, 5.41) is 0. The summed E-state index contributed by atoms with van der Waals surface area (Å²) in [4.78, 5) is 4.18. The molecule has 0 saturated heterocycles. The largest absolute Gasteiger partial charge is 0.271 e. The topological polar surface area (TPSA) is 50.9 Å². The summed E-state index contributed by atoms with van der Waals surface area (Å²) in [6, 6.07) is 9.04. The van der Waals surface area contributed by atoms with E-state index < -0.39 is 11.6 Å². The third kappa shape index (κ3) is 2.88. The summed E-state index contributed by atoms with van der Waals surface area (Å²) >= 11 is 0. The van der Waals surface area contributed by atoms with Crippen LogP contribution >= 0.6 is 0 Å². The summed E-state index contributed by atoms with van der Waals surface area (Å²) in [6.45, 7) is 0. The Morgan fingerprint density at radius 1 is 1.17 bits per heavy atom. The van der Waals surface area contributed by atoms with Crippen LogP contribution in [0.1, 0.15) is 17.3 Å². The number of hydrogen-bond acceptors (Lipinski definition) is 3. The van der Waals surface area contributed by atoms with E-state index in [1.165, 1.54) is 12.1 Å². The molecule has 18 heavy (non-hydrogen) atoms. The molecule has 1 atom stereocenters. The number of halogens is 2. The Hall–Kier alpha value is -1.85. The first kappa shape index (κ1) is 12.6. The van der Waals surface area contributed by atoms with Crippen LogP contribution < -0.4 is 11.3 Å². The highest BCUT2D eigenvalue weighted by Gasteiger charge is 2.12. The fraction of sp³-hybridized carbons (Fsp3) is 0.154. The van der Waals surface area contributed by atoms with E-state index in [2.05, 4.69) is 10.4 Å². The number of hydrogen-bond donors (Lipinski definition) is 2. The number of pyridine rings is 1. The third-order valence-electron chi connectivity index (χ3n) is 2.67. The first-order valence-corrected chi connectivity index (χ1v) is 5.51. The van der Waals surface area contributed by atoms with Gasteiger partial charge in [-0.1, -0.05) is 12.1 Å². The SMILES string of the molecule is NNC(Cc1ccc(F)c(F)c1)c1ccccn1. The maximum absolute atomic E-state index is 13.1. The van der Waals surface area contributed by atoms with Crippen LogP contribution in [0.4, 0.5) is 8.78 Å². The average Bonchev–Trinajstić information content (AvgIpc) is 2.41. The molecular weight excluding hydrogens is 236 g/mol. The second-order valence-electron chi connectivity index (χ2n) is 3.93. The Labute approximate surface area is 104 Å². The molecule has 0 spiro atoms. The maximum Gasteiger partial charge on any atom is 0.159 e. The summed E-state index contributed by atoms with van der Waals surface area (Å²) in [7, 11) is 0. The molecule has 2 aromatic rings. The lowest BCUT2D eigenvalue weighted by atomic mass is 10.0. The molecule has 1 aromatic carbocycles. The molecule has 2 rings (SSSR count). The zero-order chi connectivity index (χ0) is 13.0. The molecule has 5 heteroatoms. The number of hydrazine groups is 1. The van der Waals surface area contributed by atoms with Crippen LogP contribution in [0.15, 0.2) is 42.6 Å². The lowest BCUT2D eigenvalue weighted by Crippen LogP contribution is -2.30. The molecule has 0 aliphatic rings. The van der Waals surface area contributed by atoms with Gasteiger partial charge >= 0.3 is 0 Å². The van der Waals surface area contributed by atoms with Gasteiger partial charge in [0.05, 0.1) is 11.7 Å². The van der Waals surface area contributed by atoms with Gasteiger partial charge in [-0.05, 0) is 36.2 Å². The molecule has 0 amide bonds. The van der Waals surface area contributed by atoms with Crippen LogP contribution in [0.5, 0.6) is 0 Å². The number of benzene rings is 1.